The average Bonchev–Trinajstić information content (AvgIpc) is 3.18. The Bertz CT molecular complexity index is 687. The number of aryl methyl sites for hydroxylation is 1. The van der Waals surface area contributed by atoms with E-state index >= 15 is 0 Å². The van der Waals surface area contributed by atoms with Crippen LogP contribution in [0.25, 0.3) is 0 Å². The Balaban J connectivity index is 1.65. The number of piperidine rings is 1. The van der Waals surface area contributed by atoms with Gasteiger partial charge in [-0.25, -0.2) is 0 Å². The van der Waals surface area contributed by atoms with E-state index in [2.05, 4.69) is 16.0 Å². The van der Waals surface area contributed by atoms with Crippen LogP contribution in [0.1, 0.15) is 38.6 Å². The van der Waals surface area contributed by atoms with Crippen molar-refractivity contribution in [3.63, 3.8) is 0 Å². The molecule has 2 aromatic rings. The van der Waals surface area contributed by atoms with Crippen LogP contribution in [0.5, 0.6) is 0 Å². The van der Waals surface area contributed by atoms with E-state index < -0.39 is 0 Å². The summed E-state index contributed by atoms with van der Waals surface area (Å²) in [5.74, 6) is -0.158. The molecule has 1 fully saturated rings. The summed E-state index contributed by atoms with van der Waals surface area (Å²) in [5.41, 5.74) is 0.853. The summed E-state index contributed by atoms with van der Waals surface area (Å²) in [5, 5.41) is 9.71. The minimum Gasteiger partial charge on any atom is -0.459 e. The van der Waals surface area contributed by atoms with Gasteiger partial charge in [0.1, 0.15) is 0 Å². The molecule has 23 heavy (non-hydrogen) atoms. The number of nitrogens with one attached hydrogen (secondary N) is 3. The van der Waals surface area contributed by atoms with Gasteiger partial charge >= 0.3 is 0 Å². The molecule has 1 aliphatic heterocycles. The summed E-state index contributed by atoms with van der Waals surface area (Å²) in [6.45, 7) is 3.68. The van der Waals surface area contributed by atoms with Gasteiger partial charge in [-0.3, -0.25) is 9.59 Å². The zero-order valence-electron chi connectivity index (χ0n) is 12.8. The van der Waals surface area contributed by atoms with Gasteiger partial charge < -0.3 is 20.4 Å². The molecule has 7 heteroatoms. The summed E-state index contributed by atoms with van der Waals surface area (Å²) in [7, 11) is 0. The Morgan fingerprint density at radius 1 is 1.39 bits per heavy atom. The molecule has 1 aliphatic rings. The molecule has 1 saturated heterocycles. The molecule has 122 valence electrons. The van der Waals surface area contributed by atoms with Crippen LogP contribution < -0.4 is 16.0 Å². The molecule has 3 N–H and O–H groups in total. The second kappa shape index (κ2) is 6.97. The second-order valence-corrected chi connectivity index (χ2v) is 6.62. The zero-order valence-corrected chi connectivity index (χ0v) is 13.7. The Morgan fingerprint density at radius 2 is 2.26 bits per heavy atom. The minimum absolute atomic E-state index is 0.0836. The SMILES string of the molecule is Cc1cc(NC(=O)c2ccco2)sc1C(=O)N[C@H]1CCCNC1. The van der Waals surface area contributed by atoms with Gasteiger partial charge in [-0.15, -0.1) is 11.3 Å². The van der Waals surface area contributed by atoms with E-state index in [4.69, 9.17) is 4.42 Å². The monoisotopic (exact) mass is 333 g/mol. The first-order chi connectivity index (χ1) is 11.1. The number of carbonyl (C=O) groups excluding carboxylic acids is 2. The quantitative estimate of drug-likeness (QED) is 0.802. The molecular weight excluding hydrogens is 314 g/mol. The summed E-state index contributed by atoms with van der Waals surface area (Å²) in [6.07, 6.45) is 3.51. The maximum Gasteiger partial charge on any atom is 0.291 e. The molecule has 0 saturated carbocycles. The third kappa shape index (κ3) is 3.80. The molecule has 0 aliphatic carbocycles. The fourth-order valence-electron chi connectivity index (χ4n) is 2.58. The van der Waals surface area contributed by atoms with Crippen LogP contribution in [0.3, 0.4) is 0 Å². The number of carbonyl (C=O) groups is 2. The van der Waals surface area contributed by atoms with Crippen molar-refractivity contribution in [1.29, 1.82) is 0 Å². The van der Waals surface area contributed by atoms with E-state index in [0.717, 1.165) is 31.5 Å². The van der Waals surface area contributed by atoms with E-state index in [1.807, 2.05) is 6.92 Å². The summed E-state index contributed by atoms with van der Waals surface area (Å²) < 4.78 is 5.06. The third-order valence-corrected chi connectivity index (χ3v) is 4.89. The van der Waals surface area contributed by atoms with Crippen molar-refractivity contribution in [1.82, 2.24) is 10.6 Å². The average molecular weight is 333 g/mol. The lowest BCUT2D eigenvalue weighted by molar-refractivity contribution is 0.0933. The standard InChI is InChI=1S/C16H19N3O3S/c1-10-8-13(19-15(20)12-5-3-7-22-12)23-14(10)16(21)18-11-4-2-6-17-9-11/h3,5,7-8,11,17H,2,4,6,9H2,1H3,(H,18,21)(H,19,20)/t11-/m0/s1. The molecule has 6 nitrogen and oxygen atoms in total. The molecule has 2 aromatic heterocycles. The van der Waals surface area contributed by atoms with E-state index in [-0.39, 0.29) is 23.6 Å². The fourth-order valence-corrected chi connectivity index (χ4v) is 3.55. The van der Waals surface area contributed by atoms with Crippen LogP contribution in [0.15, 0.2) is 28.9 Å². The van der Waals surface area contributed by atoms with Crippen molar-refractivity contribution < 1.29 is 14.0 Å². The Morgan fingerprint density at radius 3 is 2.96 bits per heavy atom. The lowest BCUT2D eigenvalue weighted by Gasteiger charge is -2.23. The number of anilines is 1. The van der Waals surface area contributed by atoms with E-state index in [9.17, 15) is 9.59 Å². The van der Waals surface area contributed by atoms with Gasteiger partial charge in [-0.2, -0.15) is 0 Å². The highest BCUT2D eigenvalue weighted by atomic mass is 32.1. The largest absolute Gasteiger partial charge is 0.459 e. The topological polar surface area (TPSA) is 83.4 Å². The van der Waals surface area contributed by atoms with Gasteiger partial charge in [0, 0.05) is 12.6 Å². The fraction of sp³-hybridized carbons (Fsp3) is 0.375. The lowest BCUT2D eigenvalue weighted by Crippen LogP contribution is -2.45. The van der Waals surface area contributed by atoms with Crippen molar-refractivity contribution in [3.8, 4) is 0 Å². The highest BCUT2D eigenvalue weighted by molar-refractivity contribution is 7.18. The number of furan rings is 1. The van der Waals surface area contributed by atoms with Gasteiger partial charge in [0.05, 0.1) is 16.1 Å². The van der Waals surface area contributed by atoms with Crippen molar-refractivity contribution in [2.24, 2.45) is 0 Å². The molecular formula is C16H19N3O3S. The zero-order chi connectivity index (χ0) is 16.2. The van der Waals surface area contributed by atoms with Crippen LogP contribution in [0, 0.1) is 6.92 Å². The number of thiophene rings is 1. The molecule has 3 heterocycles. The van der Waals surface area contributed by atoms with Gasteiger partial charge in [-0.1, -0.05) is 0 Å². The van der Waals surface area contributed by atoms with E-state index in [0.29, 0.717) is 9.88 Å². The van der Waals surface area contributed by atoms with Gasteiger partial charge in [-0.05, 0) is 50.1 Å². The molecule has 0 bridgehead atoms. The highest BCUT2D eigenvalue weighted by Crippen LogP contribution is 2.27. The van der Waals surface area contributed by atoms with Crippen LogP contribution in [-0.4, -0.2) is 30.9 Å². The van der Waals surface area contributed by atoms with Crippen molar-refractivity contribution in [2.75, 3.05) is 18.4 Å². The number of hydrogen-bond acceptors (Lipinski definition) is 5. The first-order valence-electron chi connectivity index (χ1n) is 7.60. The summed E-state index contributed by atoms with van der Waals surface area (Å²) in [4.78, 5) is 25.0. The first kappa shape index (κ1) is 15.8. The van der Waals surface area contributed by atoms with Gasteiger partial charge in [0.15, 0.2) is 5.76 Å². The molecule has 0 spiro atoms. The number of rotatable bonds is 4. The molecule has 0 unspecified atom stereocenters. The third-order valence-electron chi connectivity index (χ3n) is 3.74. The summed E-state index contributed by atoms with van der Waals surface area (Å²) >= 11 is 1.28. The second-order valence-electron chi connectivity index (χ2n) is 5.57. The molecule has 2 amide bonds. The smallest absolute Gasteiger partial charge is 0.291 e. The Hall–Kier alpha value is -2.12. The van der Waals surface area contributed by atoms with Gasteiger partial charge in [0.25, 0.3) is 11.8 Å². The lowest BCUT2D eigenvalue weighted by atomic mass is 10.1. The molecule has 0 aromatic carbocycles. The maximum atomic E-state index is 12.4. The predicted molar refractivity (Wildman–Crippen MR) is 89.1 cm³/mol. The number of amides is 2. The highest BCUT2D eigenvalue weighted by Gasteiger charge is 2.20. The predicted octanol–water partition coefficient (Wildman–Crippen LogP) is 2.38. The first-order valence-corrected chi connectivity index (χ1v) is 8.42. The van der Waals surface area contributed by atoms with Crippen molar-refractivity contribution in [2.45, 2.75) is 25.8 Å². The van der Waals surface area contributed by atoms with E-state index in [1.54, 1.807) is 18.2 Å². The molecule has 1 atom stereocenters. The molecule has 0 radical (unpaired) electrons. The van der Waals surface area contributed by atoms with Crippen LogP contribution in [-0.2, 0) is 0 Å². The number of hydrogen-bond donors (Lipinski definition) is 3. The van der Waals surface area contributed by atoms with Crippen molar-refractivity contribution >= 4 is 28.2 Å². The Kier molecular flexibility index (Phi) is 4.78. The minimum atomic E-state index is -0.320. The van der Waals surface area contributed by atoms with Gasteiger partial charge in [0.2, 0.25) is 0 Å². The van der Waals surface area contributed by atoms with Crippen LogP contribution in [0.2, 0.25) is 0 Å². The van der Waals surface area contributed by atoms with Crippen LogP contribution >= 0.6 is 11.3 Å². The Labute approximate surface area is 138 Å². The summed E-state index contributed by atoms with van der Waals surface area (Å²) in [6, 6.07) is 5.23. The van der Waals surface area contributed by atoms with Crippen LogP contribution in [0.4, 0.5) is 5.00 Å². The maximum absolute atomic E-state index is 12.4. The normalized spacial score (nSPS) is 17.7. The molecule has 3 rings (SSSR count). The van der Waals surface area contributed by atoms with E-state index in [1.165, 1.54) is 17.6 Å². The van der Waals surface area contributed by atoms with Crippen molar-refractivity contribution in [3.05, 3.63) is 40.7 Å².